The van der Waals surface area contributed by atoms with Gasteiger partial charge in [0, 0.05) is 28.6 Å². The van der Waals surface area contributed by atoms with Gasteiger partial charge in [0.25, 0.3) is 0 Å². The molecule has 1 saturated heterocycles. The second-order valence-electron chi connectivity index (χ2n) is 8.97. The van der Waals surface area contributed by atoms with Crippen molar-refractivity contribution >= 4 is 34.2 Å². The van der Waals surface area contributed by atoms with Crippen LogP contribution >= 0.6 is 11.8 Å². The van der Waals surface area contributed by atoms with Gasteiger partial charge in [-0.2, -0.15) is 0 Å². The van der Waals surface area contributed by atoms with Crippen LogP contribution in [0.2, 0.25) is 0 Å². The number of thioether (sulfide) groups is 1. The molecule has 35 heavy (non-hydrogen) atoms. The summed E-state index contributed by atoms with van der Waals surface area (Å²) in [7, 11) is 0. The zero-order chi connectivity index (χ0) is 23.8. The molecule has 0 spiro atoms. The molecule has 2 fully saturated rings. The first-order valence-electron chi connectivity index (χ1n) is 11.9. The summed E-state index contributed by atoms with van der Waals surface area (Å²) in [6, 6.07) is 7.26. The predicted molar refractivity (Wildman–Crippen MR) is 134 cm³/mol. The third kappa shape index (κ3) is 4.70. The van der Waals surface area contributed by atoms with Gasteiger partial charge >= 0.3 is 0 Å². The van der Waals surface area contributed by atoms with Crippen LogP contribution < -0.4 is 10.6 Å². The van der Waals surface area contributed by atoms with E-state index in [2.05, 4.69) is 20.6 Å². The van der Waals surface area contributed by atoms with E-state index in [9.17, 15) is 8.78 Å². The molecule has 2 N–H and O–H groups in total. The Morgan fingerprint density at radius 2 is 1.77 bits per heavy atom. The molecule has 9 heteroatoms. The lowest BCUT2D eigenvalue weighted by atomic mass is 10.1. The largest absolute Gasteiger partial charge is 0.335 e. The van der Waals surface area contributed by atoms with Crippen molar-refractivity contribution in [2.45, 2.75) is 41.9 Å². The maximum atomic E-state index is 14.1. The number of hydrogen-bond acceptors (Lipinski definition) is 7. The standard InChI is InChI=1S/C26H24F2N6S/c27-19-2-1-3-20(28)24(19)33-22-12-16(6-11-31-22)25-32-21-14-30-13-18(15-4-5-15)23(21)26(34-25)35-17-7-9-29-10-8-17/h1-3,6,11-15,17,29H,4-5,7-10H2,(H,31,33). The summed E-state index contributed by atoms with van der Waals surface area (Å²) in [5.74, 6) is 0.0214. The minimum absolute atomic E-state index is 0.239. The highest BCUT2D eigenvalue weighted by molar-refractivity contribution is 8.00. The van der Waals surface area contributed by atoms with Crippen molar-refractivity contribution in [1.82, 2.24) is 25.3 Å². The Bertz CT molecular complexity index is 1370. The molecular formula is C26H24F2N6S. The first-order valence-corrected chi connectivity index (χ1v) is 12.7. The Kier molecular flexibility index (Phi) is 6.03. The molecule has 178 valence electrons. The monoisotopic (exact) mass is 490 g/mol. The summed E-state index contributed by atoms with van der Waals surface area (Å²) in [4.78, 5) is 18.6. The number of benzene rings is 1. The predicted octanol–water partition coefficient (Wildman–Crippen LogP) is 5.83. The van der Waals surface area contributed by atoms with E-state index in [4.69, 9.17) is 9.97 Å². The molecule has 0 atom stereocenters. The average Bonchev–Trinajstić information content (AvgIpc) is 3.72. The van der Waals surface area contributed by atoms with Crippen LogP contribution in [-0.2, 0) is 0 Å². The molecule has 4 heterocycles. The minimum Gasteiger partial charge on any atom is -0.335 e. The number of anilines is 2. The molecule has 3 aromatic heterocycles. The minimum atomic E-state index is -0.682. The smallest absolute Gasteiger partial charge is 0.161 e. The van der Waals surface area contributed by atoms with Crippen molar-refractivity contribution < 1.29 is 8.78 Å². The van der Waals surface area contributed by atoms with Crippen molar-refractivity contribution in [2.24, 2.45) is 0 Å². The van der Waals surface area contributed by atoms with Crippen LogP contribution in [0, 0.1) is 11.6 Å². The van der Waals surface area contributed by atoms with Crippen LogP contribution in [0.3, 0.4) is 0 Å². The second-order valence-corrected chi connectivity index (χ2v) is 10.3. The zero-order valence-electron chi connectivity index (χ0n) is 19.0. The van der Waals surface area contributed by atoms with Crippen molar-refractivity contribution in [3.63, 3.8) is 0 Å². The third-order valence-corrected chi connectivity index (χ3v) is 7.74. The molecule has 4 aromatic rings. The number of aromatic nitrogens is 4. The molecular weight excluding hydrogens is 466 g/mol. The highest BCUT2D eigenvalue weighted by Crippen LogP contribution is 2.45. The topological polar surface area (TPSA) is 75.6 Å². The molecule has 1 aliphatic heterocycles. The van der Waals surface area contributed by atoms with Gasteiger partial charge in [-0.05, 0) is 74.5 Å². The number of nitrogens with one attached hydrogen (secondary N) is 2. The Morgan fingerprint density at radius 3 is 2.54 bits per heavy atom. The summed E-state index contributed by atoms with van der Waals surface area (Å²) in [6.45, 7) is 2.02. The van der Waals surface area contributed by atoms with Crippen LogP contribution in [0.5, 0.6) is 0 Å². The molecule has 1 aromatic carbocycles. The molecule has 1 saturated carbocycles. The summed E-state index contributed by atoms with van der Waals surface area (Å²) in [6.07, 6.45) is 9.88. The molecule has 0 amide bonds. The fourth-order valence-corrected chi connectivity index (χ4v) is 5.71. The maximum absolute atomic E-state index is 14.1. The van der Waals surface area contributed by atoms with E-state index in [0.29, 0.717) is 28.4 Å². The first kappa shape index (κ1) is 22.3. The van der Waals surface area contributed by atoms with E-state index in [1.54, 1.807) is 24.5 Å². The van der Waals surface area contributed by atoms with Crippen LogP contribution in [-0.4, -0.2) is 38.3 Å². The van der Waals surface area contributed by atoms with Gasteiger partial charge in [0.15, 0.2) is 5.82 Å². The van der Waals surface area contributed by atoms with Gasteiger partial charge in [0.05, 0.1) is 11.7 Å². The number of rotatable bonds is 6. The Hall–Kier alpha value is -3.17. The van der Waals surface area contributed by atoms with Gasteiger partial charge in [0.1, 0.15) is 28.2 Å². The molecule has 6 rings (SSSR count). The normalized spacial score (nSPS) is 16.5. The number of hydrogen-bond donors (Lipinski definition) is 2. The number of fused-ring (bicyclic) bond motifs is 1. The molecule has 0 bridgehead atoms. The summed E-state index contributed by atoms with van der Waals surface area (Å²) in [5, 5.41) is 8.76. The summed E-state index contributed by atoms with van der Waals surface area (Å²) < 4.78 is 28.3. The number of piperidine rings is 1. The van der Waals surface area contributed by atoms with E-state index < -0.39 is 11.6 Å². The zero-order valence-corrected chi connectivity index (χ0v) is 19.8. The van der Waals surface area contributed by atoms with E-state index >= 15 is 0 Å². The van der Waals surface area contributed by atoms with Gasteiger partial charge < -0.3 is 10.6 Å². The third-order valence-electron chi connectivity index (χ3n) is 6.42. The fourth-order valence-electron chi connectivity index (χ4n) is 4.45. The van der Waals surface area contributed by atoms with Gasteiger partial charge in [-0.15, -0.1) is 11.8 Å². The second kappa shape index (κ2) is 9.47. The maximum Gasteiger partial charge on any atom is 0.161 e. The van der Waals surface area contributed by atoms with E-state index in [1.807, 2.05) is 18.0 Å². The van der Waals surface area contributed by atoms with Crippen molar-refractivity contribution in [1.29, 1.82) is 0 Å². The van der Waals surface area contributed by atoms with E-state index in [0.717, 1.165) is 41.9 Å². The quantitative estimate of drug-likeness (QED) is 0.329. The number of pyridine rings is 2. The highest BCUT2D eigenvalue weighted by atomic mass is 32.2. The lowest BCUT2D eigenvalue weighted by molar-refractivity contribution is 0.531. The van der Waals surface area contributed by atoms with E-state index in [-0.39, 0.29) is 5.69 Å². The SMILES string of the molecule is Fc1cccc(F)c1Nc1cc(-c2nc(SC3CCNCC3)c3c(C4CC4)cncc3n2)ccn1. The van der Waals surface area contributed by atoms with Gasteiger partial charge in [0.2, 0.25) is 0 Å². The Labute approximate surface area is 206 Å². The van der Waals surface area contributed by atoms with Crippen molar-refractivity contribution in [2.75, 3.05) is 18.4 Å². The number of nitrogens with zero attached hydrogens (tertiary/aromatic N) is 4. The van der Waals surface area contributed by atoms with Crippen LogP contribution in [0.15, 0.2) is 53.9 Å². The Balaban J connectivity index is 1.41. The lowest BCUT2D eigenvalue weighted by Crippen LogP contribution is -2.29. The van der Waals surface area contributed by atoms with E-state index in [1.165, 1.54) is 36.6 Å². The lowest BCUT2D eigenvalue weighted by Gasteiger charge is -2.22. The highest BCUT2D eigenvalue weighted by Gasteiger charge is 2.29. The average molecular weight is 491 g/mol. The first-order chi connectivity index (χ1) is 17.2. The van der Waals surface area contributed by atoms with Gasteiger partial charge in [-0.25, -0.2) is 23.7 Å². The molecule has 6 nitrogen and oxygen atoms in total. The summed E-state index contributed by atoms with van der Waals surface area (Å²) >= 11 is 1.82. The Morgan fingerprint density at radius 1 is 0.971 bits per heavy atom. The van der Waals surface area contributed by atoms with Crippen LogP contribution in [0.1, 0.15) is 37.2 Å². The van der Waals surface area contributed by atoms with Crippen LogP contribution in [0.4, 0.5) is 20.3 Å². The van der Waals surface area contributed by atoms with Gasteiger partial charge in [-0.1, -0.05) is 6.07 Å². The number of halogens is 2. The number of para-hydroxylation sites is 1. The fraction of sp³-hybridized carbons (Fsp3) is 0.308. The van der Waals surface area contributed by atoms with Crippen molar-refractivity contribution in [3.8, 4) is 11.4 Å². The molecule has 0 unspecified atom stereocenters. The summed E-state index contributed by atoms with van der Waals surface area (Å²) in [5.41, 5.74) is 2.53. The van der Waals surface area contributed by atoms with Crippen LogP contribution in [0.25, 0.3) is 22.3 Å². The van der Waals surface area contributed by atoms with Crippen molar-refractivity contribution in [3.05, 3.63) is 66.1 Å². The molecule has 1 aliphatic carbocycles. The molecule has 2 aliphatic rings. The van der Waals surface area contributed by atoms with Gasteiger partial charge in [-0.3, -0.25) is 4.98 Å². The molecule has 0 radical (unpaired) electrons.